The summed E-state index contributed by atoms with van der Waals surface area (Å²) in [5.41, 5.74) is 2.72. The number of furan rings is 1. The maximum Gasteiger partial charge on any atom is 0.332 e. The van der Waals surface area contributed by atoms with Gasteiger partial charge in [-0.3, -0.25) is 0 Å². The first-order valence-corrected chi connectivity index (χ1v) is 12.8. The fourth-order valence-corrected chi connectivity index (χ4v) is 3.93. The molecule has 0 saturated heterocycles. The van der Waals surface area contributed by atoms with Gasteiger partial charge in [0.2, 0.25) is 11.6 Å². The fourth-order valence-electron chi connectivity index (χ4n) is 3.93. The van der Waals surface area contributed by atoms with E-state index in [1.54, 1.807) is 7.11 Å². The summed E-state index contributed by atoms with van der Waals surface area (Å²) < 4.78 is 28.6. The molecule has 0 spiro atoms. The molecule has 8 nitrogen and oxygen atoms in total. The third-order valence-electron chi connectivity index (χ3n) is 5.94. The molecule has 4 aromatic rings. The van der Waals surface area contributed by atoms with Crippen LogP contribution in [0.5, 0.6) is 11.6 Å². The molecular formula is C30H34N2O6. The van der Waals surface area contributed by atoms with Crippen LogP contribution in [0.15, 0.2) is 65.3 Å². The van der Waals surface area contributed by atoms with Gasteiger partial charge in [-0.25, -0.2) is 14.8 Å². The van der Waals surface area contributed by atoms with E-state index >= 15 is 0 Å². The molecule has 0 aliphatic carbocycles. The molecule has 0 N–H and O–H groups in total. The minimum Gasteiger partial charge on any atom is -0.497 e. The number of methoxy groups -OCH3 is 1. The molecule has 0 aliphatic rings. The summed E-state index contributed by atoms with van der Waals surface area (Å²) in [6.45, 7) is 7.00. The molecule has 2 heterocycles. The molecule has 38 heavy (non-hydrogen) atoms. The van der Waals surface area contributed by atoms with Gasteiger partial charge in [-0.15, -0.1) is 0 Å². The van der Waals surface area contributed by atoms with Crippen LogP contribution in [0, 0.1) is 5.41 Å². The first-order valence-electron chi connectivity index (χ1n) is 12.8. The van der Waals surface area contributed by atoms with Crippen LogP contribution in [-0.2, 0) is 14.3 Å². The number of hydrogen-bond donors (Lipinski definition) is 0. The lowest BCUT2D eigenvalue weighted by Gasteiger charge is -2.24. The summed E-state index contributed by atoms with van der Waals surface area (Å²) in [6.07, 6.45) is 3.25. The van der Waals surface area contributed by atoms with Crippen LogP contribution in [0.3, 0.4) is 0 Å². The highest BCUT2D eigenvalue weighted by Gasteiger charge is 2.26. The topological polar surface area (TPSA) is 92.9 Å². The predicted molar refractivity (Wildman–Crippen MR) is 145 cm³/mol. The number of rotatable bonds is 13. The second-order valence-electron chi connectivity index (χ2n) is 9.78. The zero-order valence-corrected chi connectivity index (χ0v) is 22.4. The minimum atomic E-state index is -0.396. The van der Waals surface area contributed by atoms with Gasteiger partial charge in [0.1, 0.15) is 29.8 Å². The van der Waals surface area contributed by atoms with E-state index in [1.807, 2.05) is 75.4 Å². The molecule has 0 amide bonds. The van der Waals surface area contributed by atoms with E-state index in [2.05, 4.69) is 9.97 Å². The lowest BCUT2D eigenvalue weighted by atomic mass is 9.96. The van der Waals surface area contributed by atoms with Crippen molar-refractivity contribution < 1.29 is 28.2 Å². The number of nitrogens with zero attached hydrogens (tertiary/aromatic N) is 2. The summed E-state index contributed by atoms with van der Waals surface area (Å²) in [5, 5.41) is 0.688. The second kappa shape index (κ2) is 12.6. The molecular weight excluding hydrogens is 484 g/mol. The van der Waals surface area contributed by atoms with Gasteiger partial charge in [0.15, 0.2) is 0 Å². The molecule has 0 fully saturated rings. The van der Waals surface area contributed by atoms with E-state index in [-0.39, 0.29) is 12.6 Å². The summed E-state index contributed by atoms with van der Waals surface area (Å²) in [5.74, 6) is 1.49. The highest BCUT2D eigenvalue weighted by atomic mass is 16.6. The molecule has 8 heteroatoms. The van der Waals surface area contributed by atoms with E-state index in [1.165, 1.54) is 6.33 Å². The lowest BCUT2D eigenvalue weighted by Crippen LogP contribution is -2.29. The van der Waals surface area contributed by atoms with Gasteiger partial charge in [0.05, 0.1) is 26.9 Å². The van der Waals surface area contributed by atoms with Crippen LogP contribution in [-0.4, -0.2) is 49.5 Å². The van der Waals surface area contributed by atoms with Gasteiger partial charge < -0.3 is 23.4 Å². The third-order valence-corrected chi connectivity index (χ3v) is 5.94. The summed E-state index contributed by atoms with van der Waals surface area (Å²) in [6, 6.07) is 17.6. The van der Waals surface area contributed by atoms with Crippen molar-refractivity contribution in [1.82, 2.24) is 9.97 Å². The Bertz CT molecular complexity index is 1330. The monoisotopic (exact) mass is 518 g/mol. The maximum atomic E-state index is 11.8. The number of carbonyl (C=O) groups is 1. The van der Waals surface area contributed by atoms with E-state index in [4.69, 9.17) is 23.4 Å². The van der Waals surface area contributed by atoms with Crippen LogP contribution in [0.2, 0.25) is 0 Å². The van der Waals surface area contributed by atoms with Gasteiger partial charge in [0.25, 0.3) is 0 Å². The average Bonchev–Trinajstić information content (AvgIpc) is 3.33. The van der Waals surface area contributed by atoms with Crippen molar-refractivity contribution in [3.05, 3.63) is 60.9 Å². The van der Waals surface area contributed by atoms with Crippen molar-refractivity contribution >= 4 is 17.1 Å². The van der Waals surface area contributed by atoms with Crippen LogP contribution >= 0.6 is 0 Å². The molecule has 0 radical (unpaired) electrons. The SMILES string of the molecule is CCCCOC(=O)COCC(C)(C)COc1ncnc2oc(-c3ccccc3)c(-c3ccc(OC)cc3)c12. The largest absolute Gasteiger partial charge is 0.497 e. The Morgan fingerprint density at radius 1 is 0.974 bits per heavy atom. The molecule has 4 rings (SSSR count). The van der Waals surface area contributed by atoms with Crippen LogP contribution in [0.4, 0.5) is 0 Å². The molecule has 200 valence electrons. The smallest absolute Gasteiger partial charge is 0.332 e. The number of unbranched alkanes of at least 4 members (excludes halogenated alkanes) is 1. The van der Waals surface area contributed by atoms with E-state index in [0.717, 1.165) is 35.3 Å². The average molecular weight is 519 g/mol. The van der Waals surface area contributed by atoms with E-state index in [0.29, 0.717) is 42.6 Å². The number of carbonyl (C=O) groups excluding carboxylic acids is 1. The van der Waals surface area contributed by atoms with Crippen molar-refractivity contribution in [3.63, 3.8) is 0 Å². The fraction of sp³-hybridized carbons (Fsp3) is 0.367. The highest BCUT2D eigenvalue weighted by Crippen LogP contribution is 2.43. The van der Waals surface area contributed by atoms with Crippen LogP contribution in [0.25, 0.3) is 33.6 Å². The van der Waals surface area contributed by atoms with Gasteiger partial charge >= 0.3 is 5.97 Å². The first-order chi connectivity index (χ1) is 18.4. The van der Waals surface area contributed by atoms with Crippen LogP contribution < -0.4 is 9.47 Å². The predicted octanol–water partition coefficient (Wildman–Crippen LogP) is 6.33. The van der Waals surface area contributed by atoms with Gasteiger partial charge in [-0.1, -0.05) is 69.7 Å². The minimum absolute atomic E-state index is 0.0886. The van der Waals surface area contributed by atoms with Crippen molar-refractivity contribution in [2.24, 2.45) is 5.41 Å². The Balaban J connectivity index is 1.58. The van der Waals surface area contributed by atoms with Crippen molar-refractivity contribution in [2.75, 3.05) is 33.5 Å². The molecule has 0 aliphatic heterocycles. The third kappa shape index (κ3) is 6.69. The van der Waals surface area contributed by atoms with Crippen molar-refractivity contribution in [1.29, 1.82) is 0 Å². The Morgan fingerprint density at radius 3 is 2.45 bits per heavy atom. The normalized spacial score (nSPS) is 11.5. The maximum absolute atomic E-state index is 11.8. The molecule has 0 atom stereocenters. The number of benzene rings is 2. The number of ether oxygens (including phenoxy) is 4. The number of aromatic nitrogens is 2. The van der Waals surface area contributed by atoms with Gasteiger partial charge in [0, 0.05) is 16.5 Å². The second-order valence-corrected chi connectivity index (χ2v) is 9.78. The lowest BCUT2D eigenvalue weighted by molar-refractivity contribution is -0.150. The zero-order chi connectivity index (χ0) is 27.0. The highest BCUT2D eigenvalue weighted by molar-refractivity contribution is 6.03. The quantitative estimate of drug-likeness (QED) is 0.150. The molecule has 0 unspecified atom stereocenters. The zero-order valence-electron chi connectivity index (χ0n) is 22.4. The van der Waals surface area contributed by atoms with Gasteiger partial charge in [-0.05, 0) is 24.1 Å². The van der Waals surface area contributed by atoms with E-state index < -0.39 is 5.41 Å². The van der Waals surface area contributed by atoms with Crippen molar-refractivity contribution in [2.45, 2.75) is 33.6 Å². The summed E-state index contributed by atoms with van der Waals surface area (Å²) in [4.78, 5) is 20.7. The number of fused-ring (bicyclic) bond motifs is 1. The van der Waals surface area contributed by atoms with Crippen molar-refractivity contribution in [3.8, 4) is 34.1 Å². The number of esters is 1. The molecule has 2 aromatic carbocycles. The molecule has 0 bridgehead atoms. The number of hydrogen-bond acceptors (Lipinski definition) is 8. The Hall–Kier alpha value is -3.91. The standard InChI is InChI=1S/C30H34N2O6/c1-5-6-16-36-24(33)17-35-18-30(2,3)19-37-28-26-25(21-12-14-23(34-4)15-13-21)27(22-10-8-7-9-11-22)38-29(26)32-20-31-28/h7-15,20H,5-6,16-19H2,1-4H3. The summed E-state index contributed by atoms with van der Waals surface area (Å²) in [7, 11) is 1.64. The van der Waals surface area contributed by atoms with Gasteiger partial charge in [-0.2, -0.15) is 0 Å². The first kappa shape index (κ1) is 27.1. The molecule has 2 aromatic heterocycles. The molecule has 0 saturated carbocycles. The Morgan fingerprint density at radius 2 is 1.74 bits per heavy atom. The Kier molecular flexibility index (Phi) is 8.97. The Labute approximate surface area is 222 Å². The summed E-state index contributed by atoms with van der Waals surface area (Å²) >= 11 is 0. The van der Waals surface area contributed by atoms with E-state index in [9.17, 15) is 4.79 Å². The van der Waals surface area contributed by atoms with Crippen LogP contribution in [0.1, 0.15) is 33.6 Å².